The normalized spacial score (nSPS) is 36.1. The van der Waals surface area contributed by atoms with Crippen molar-refractivity contribution in [2.45, 2.75) is 9.83 Å². The molecule has 0 radical (unpaired) electrons. The lowest BCUT2D eigenvalue weighted by Gasteiger charge is -2.13. The average Bonchev–Trinajstić information content (AvgIpc) is 2.54. The molecule has 8 heteroatoms. The molecule has 4 nitrogen and oxygen atoms in total. The van der Waals surface area contributed by atoms with Gasteiger partial charge in [-0.1, -0.05) is 0 Å². The summed E-state index contributed by atoms with van der Waals surface area (Å²) in [6, 6.07) is 0. The Bertz CT molecular complexity index is 417. The van der Waals surface area contributed by atoms with Gasteiger partial charge in [0.1, 0.15) is 0 Å². The predicted octanol–water partition coefficient (Wildman–Crippen LogP) is -0.0382. The van der Waals surface area contributed by atoms with Crippen molar-refractivity contribution in [3.8, 4) is 0 Å². The third-order valence-corrected chi connectivity index (χ3v) is 11.0. The van der Waals surface area contributed by atoms with Crippen molar-refractivity contribution >= 4 is 43.2 Å². The fourth-order valence-corrected chi connectivity index (χ4v) is 11.7. The second kappa shape index (κ2) is 3.57. The number of sulfone groups is 2. The van der Waals surface area contributed by atoms with Gasteiger partial charge in [0.2, 0.25) is 0 Å². The molecule has 1 unspecified atom stereocenters. The van der Waals surface area contributed by atoms with E-state index in [1.165, 1.54) is 0 Å². The highest BCUT2D eigenvalue weighted by molar-refractivity contribution is 8.21. The van der Waals surface area contributed by atoms with Crippen molar-refractivity contribution in [2.75, 3.05) is 22.3 Å². The predicted molar refractivity (Wildman–Crippen MR) is 60.1 cm³/mol. The first-order valence-electron chi connectivity index (χ1n) is 4.06. The second-order valence-corrected chi connectivity index (χ2v) is 10.8. The Hall–Kier alpha value is 0.600. The summed E-state index contributed by atoms with van der Waals surface area (Å²) < 4.78 is 45.5. The van der Waals surface area contributed by atoms with Crippen LogP contribution in [0, 0.1) is 0 Å². The van der Waals surface area contributed by atoms with Gasteiger partial charge in [-0.05, 0) is 0 Å². The zero-order chi connectivity index (χ0) is 10.4. The van der Waals surface area contributed by atoms with E-state index in [9.17, 15) is 16.8 Å². The summed E-state index contributed by atoms with van der Waals surface area (Å²) in [5, 5.41) is -1.33. The molecular weight excluding hydrogens is 264 g/mol. The minimum Gasteiger partial charge on any atom is -0.228 e. The van der Waals surface area contributed by atoms with Crippen molar-refractivity contribution in [1.82, 2.24) is 0 Å². The van der Waals surface area contributed by atoms with Gasteiger partial charge in [0, 0.05) is 11.5 Å². The summed E-state index contributed by atoms with van der Waals surface area (Å²) >= 11 is 3.12. The van der Waals surface area contributed by atoms with E-state index < -0.39 is 30.0 Å². The first-order chi connectivity index (χ1) is 6.41. The molecule has 2 rings (SSSR count). The fourth-order valence-electron chi connectivity index (χ4n) is 1.58. The van der Waals surface area contributed by atoms with Crippen LogP contribution in [0.25, 0.3) is 0 Å². The Labute approximate surface area is 92.0 Å². The molecule has 0 bridgehead atoms. The minimum absolute atomic E-state index is 0.0720. The molecule has 82 valence electrons. The molecule has 2 aliphatic heterocycles. The summed E-state index contributed by atoms with van der Waals surface area (Å²) in [5.41, 5.74) is 0. The van der Waals surface area contributed by atoms with Gasteiger partial charge in [-0.25, -0.2) is 16.8 Å². The maximum absolute atomic E-state index is 11.6. The second-order valence-electron chi connectivity index (χ2n) is 3.34. The summed E-state index contributed by atoms with van der Waals surface area (Å²) in [6.45, 7) is 0. The molecule has 2 saturated heterocycles. The van der Waals surface area contributed by atoms with Gasteiger partial charge >= 0.3 is 0 Å². The summed E-state index contributed by atoms with van der Waals surface area (Å²) in [5.74, 6) is 1.66. The Kier molecular flexibility index (Phi) is 2.83. The van der Waals surface area contributed by atoms with E-state index >= 15 is 0 Å². The van der Waals surface area contributed by atoms with Crippen LogP contribution in [0.3, 0.4) is 0 Å². The maximum Gasteiger partial charge on any atom is 0.170 e. The minimum atomic E-state index is -3.41. The van der Waals surface area contributed by atoms with Crippen molar-refractivity contribution < 1.29 is 16.8 Å². The molecule has 0 saturated carbocycles. The van der Waals surface area contributed by atoms with Crippen LogP contribution in [0.4, 0.5) is 0 Å². The van der Waals surface area contributed by atoms with Gasteiger partial charge in [-0.3, -0.25) is 0 Å². The molecule has 0 aromatic rings. The molecule has 0 N–H and O–H groups in total. The monoisotopic (exact) mass is 274 g/mol. The van der Waals surface area contributed by atoms with E-state index in [0.29, 0.717) is 0 Å². The summed E-state index contributed by atoms with van der Waals surface area (Å²) in [7, 11) is -6.76. The van der Waals surface area contributed by atoms with E-state index in [1.54, 1.807) is 23.5 Å². The van der Waals surface area contributed by atoms with Crippen molar-refractivity contribution in [3.63, 3.8) is 0 Å². The Morgan fingerprint density at radius 3 is 2.00 bits per heavy atom. The van der Waals surface area contributed by atoms with Crippen LogP contribution in [0.1, 0.15) is 0 Å². The number of hydrogen-bond acceptors (Lipinski definition) is 6. The van der Waals surface area contributed by atoms with Gasteiger partial charge in [0.25, 0.3) is 0 Å². The highest BCUT2D eigenvalue weighted by Gasteiger charge is 2.47. The van der Waals surface area contributed by atoms with E-state index in [-0.39, 0.29) is 10.3 Å². The van der Waals surface area contributed by atoms with Crippen LogP contribution < -0.4 is 0 Å². The number of thioether (sulfide) groups is 2. The van der Waals surface area contributed by atoms with Crippen LogP contribution in [0.5, 0.6) is 0 Å². The molecule has 0 aromatic carbocycles. The zero-order valence-electron chi connectivity index (χ0n) is 7.25. The van der Waals surface area contributed by atoms with Crippen LogP contribution in [-0.4, -0.2) is 49.0 Å². The van der Waals surface area contributed by atoms with Gasteiger partial charge in [-0.2, -0.15) is 0 Å². The summed E-state index contributed by atoms with van der Waals surface area (Å²) in [4.78, 5) is 0. The van der Waals surface area contributed by atoms with E-state index in [1.807, 2.05) is 0 Å². The topological polar surface area (TPSA) is 68.3 Å². The van der Waals surface area contributed by atoms with Crippen LogP contribution in [-0.2, 0) is 19.7 Å². The molecule has 0 amide bonds. The van der Waals surface area contributed by atoms with Gasteiger partial charge in [-0.15, -0.1) is 23.5 Å². The zero-order valence-corrected chi connectivity index (χ0v) is 10.5. The van der Waals surface area contributed by atoms with E-state index in [0.717, 1.165) is 11.5 Å². The lowest BCUT2D eigenvalue weighted by atomic mass is 10.5. The smallest absolute Gasteiger partial charge is 0.170 e. The molecule has 0 aliphatic carbocycles. The van der Waals surface area contributed by atoms with E-state index in [2.05, 4.69) is 0 Å². The first-order valence-corrected chi connectivity index (χ1v) is 9.69. The molecule has 0 aromatic heterocycles. The van der Waals surface area contributed by atoms with Crippen LogP contribution >= 0.6 is 23.5 Å². The lowest BCUT2D eigenvalue weighted by molar-refractivity contribution is 0.594. The average molecular weight is 274 g/mol. The molecule has 14 heavy (non-hydrogen) atoms. The highest BCUT2D eigenvalue weighted by Crippen LogP contribution is 2.39. The fraction of sp³-hybridized carbons (Fsp3) is 1.00. The highest BCUT2D eigenvalue weighted by atomic mass is 32.3. The van der Waals surface area contributed by atoms with Crippen molar-refractivity contribution in [1.29, 1.82) is 0 Å². The Morgan fingerprint density at radius 2 is 1.57 bits per heavy atom. The SMILES string of the molecule is O=S1(=O)CC(C2SCCS2)S(=O)(=O)C1. The molecular formula is C6H10O4S4. The van der Waals surface area contributed by atoms with Gasteiger partial charge < -0.3 is 0 Å². The summed E-state index contributed by atoms with van der Waals surface area (Å²) in [6.07, 6.45) is 0. The first kappa shape index (κ1) is 11.1. The number of rotatable bonds is 1. The number of hydrogen-bond donors (Lipinski definition) is 0. The Balaban J connectivity index is 2.28. The molecule has 1 atom stereocenters. The third kappa shape index (κ3) is 2.07. The molecule has 2 heterocycles. The van der Waals surface area contributed by atoms with Gasteiger partial charge in [0.05, 0.1) is 15.6 Å². The van der Waals surface area contributed by atoms with Crippen molar-refractivity contribution in [2.24, 2.45) is 0 Å². The quantitative estimate of drug-likeness (QED) is 0.668. The largest absolute Gasteiger partial charge is 0.228 e. The van der Waals surface area contributed by atoms with Crippen molar-refractivity contribution in [3.05, 3.63) is 0 Å². The third-order valence-electron chi connectivity index (χ3n) is 2.17. The molecule has 0 spiro atoms. The van der Waals surface area contributed by atoms with Gasteiger partial charge in [0.15, 0.2) is 24.8 Å². The lowest BCUT2D eigenvalue weighted by Crippen LogP contribution is -2.27. The van der Waals surface area contributed by atoms with Crippen LogP contribution in [0.15, 0.2) is 0 Å². The maximum atomic E-state index is 11.6. The molecule has 2 aliphatic rings. The molecule has 2 fully saturated rings. The Morgan fingerprint density at radius 1 is 1.00 bits per heavy atom. The standard InChI is InChI=1S/C6H10O4S4/c7-13(8)3-5(14(9,10)4-13)6-11-1-2-12-6/h5-6H,1-4H2. The van der Waals surface area contributed by atoms with E-state index in [4.69, 9.17) is 0 Å². The van der Waals surface area contributed by atoms with Crippen LogP contribution in [0.2, 0.25) is 0 Å².